The highest BCUT2D eigenvalue weighted by atomic mass is 32.2. The van der Waals surface area contributed by atoms with Crippen LogP contribution in [0.25, 0.3) is 10.9 Å². The zero-order valence-corrected chi connectivity index (χ0v) is 19.2. The Labute approximate surface area is 180 Å². The summed E-state index contributed by atoms with van der Waals surface area (Å²) in [6.45, 7) is 8.20. The van der Waals surface area contributed by atoms with Gasteiger partial charge in [-0.15, -0.1) is 0 Å². The molecule has 2 heterocycles. The topological polar surface area (TPSA) is 74.7 Å². The number of hydrogen-bond donors (Lipinski definition) is 1. The standard InChI is InChI=1S/C22H34N4O3S/c1-4-26(5-2)30(28,29)19-10-11-20-18(16-19)17-21(24(20)3)22(27)23-12-15-25-13-8-6-7-9-14-25/h10-11,16-17H,4-9,12-15H2,1-3H3,(H,23,27). The van der Waals surface area contributed by atoms with Crippen LogP contribution in [0.2, 0.25) is 0 Å². The minimum absolute atomic E-state index is 0.128. The predicted molar refractivity (Wildman–Crippen MR) is 120 cm³/mol. The van der Waals surface area contributed by atoms with Crippen LogP contribution in [0.15, 0.2) is 29.2 Å². The molecular weight excluding hydrogens is 400 g/mol. The first-order valence-electron chi connectivity index (χ1n) is 11.0. The van der Waals surface area contributed by atoms with Gasteiger partial charge in [0, 0.05) is 44.1 Å². The first kappa shape index (κ1) is 22.8. The summed E-state index contributed by atoms with van der Waals surface area (Å²) in [5, 5.41) is 3.78. The van der Waals surface area contributed by atoms with E-state index in [-0.39, 0.29) is 10.8 Å². The smallest absolute Gasteiger partial charge is 0.267 e. The van der Waals surface area contributed by atoms with Gasteiger partial charge < -0.3 is 14.8 Å². The number of amides is 1. The molecular formula is C22H34N4O3S. The van der Waals surface area contributed by atoms with E-state index in [4.69, 9.17) is 0 Å². The van der Waals surface area contributed by atoms with Gasteiger partial charge in [0.05, 0.1) is 4.90 Å². The van der Waals surface area contributed by atoms with E-state index in [2.05, 4.69) is 10.2 Å². The molecule has 1 aliphatic rings. The van der Waals surface area contributed by atoms with Crippen molar-refractivity contribution in [3.8, 4) is 0 Å². The highest BCUT2D eigenvalue weighted by Gasteiger charge is 2.23. The minimum atomic E-state index is -3.53. The third kappa shape index (κ3) is 4.87. The van der Waals surface area contributed by atoms with Gasteiger partial charge in [0.25, 0.3) is 5.91 Å². The summed E-state index contributed by atoms with van der Waals surface area (Å²) in [5.74, 6) is -0.128. The first-order valence-corrected chi connectivity index (χ1v) is 12.4. The first-order chi connectivity index (χ1) is 14.4. The number of nitrogens with one attached hydrogen (secondary N) is 1. The fourth-order valence-corrected chi connectivity index (χ4v) is 5.69. The molecule has 1 aromatic carbocycles. The summed E-state index contributed by atoms with van der Waals surface area (Å²) in [5.41, 5.74) is 1.38. The molecule has 1 saturated heterocycles. The number of likely N-dealkylation sites (tertiary alicyclic amines) is 1. The molecule has 0 bridgehead atoms. The number of carbonyl (C=O) groups excluding carboxylic acids is 1. The van der Waals surface area contributed by atoms with Crippen LogP contribution in [-0.2, 0) is 17.1 Å². The molecule has 3 rings (SSSR count). The Kier molecular flexibility index (Phi) is 7.55. The number of rotatable bonds is 8. The zero-order valence-electron chi connectivity index (χ0n) is 18.4. The molecule has 1 N–H and O–H groups in total. The molecule has 1 aromatic heterocycles. The van der Waals surface area contributed by atoms with Crippen LogP contribution >= 0.6 is 0 Å². The normalized spacial score (nSPS) is 16.1. The zero-order chi connectivity index (χ0) is 21.7. The van der Waals surface area contributed by atoms with Crippen molar-refractivity contribution in [2.45, 2.75) is 44.4 Å². The molecule has 1 amide bonds. The van der Waals surface area contributed by atoms with Gasteiger partial charge in [-0.1, -0.05) is 26.7 Å². The largest absolute Gasteiger partial charge is 0.349 e. The number of hydrogen-bond acceptors (Lipinski definition) is 4. The third-order valence-electron chi connectivity index (χ3n) is 6.00. The van der Waals surface area contributed by atoms with Gasteiger partial charge in [0.1, 0.15) is 5.69 Å². The predicted octanol–water partition coefficient (Wildman–Crippen LogP) is 2.81. The Balaban J connectivity index is 1.73. The maximum atomic E-state index is 12.8. The van der Waals surface area contributed by atoms with Crippen LogP contribution in [0, 0.1) is 0 Å². The van der Waals surface area contributed by atoms with E-state index in [1.165, 1.54) is 30.0 Å². The van der Waals surface area contributed by atoms with Crippen molar-refractivity contribution in [3.63, 3.8) is 0 Å². The van der Waals surface area contributed by atoms with Crippen molar-refractivity contribution >= 4 is 26.8 Å². The fourth-order valence-electron chi connectivity index (χ4n) is 4.20. The summed E-state index contributed by atoms with van der Waals surface area (Å²) in [4.78, 5) is 15.4. The van der Waals surface area contributed by atoms with Gasteiger partial charge in [-0.2, -0.15) is 4.31 Å². The Hall–Kier alpha value is -1.90. The second-order valence-corrected chi connectivity index (χ2v) is 9.85. The molecule has 1 fully saturated rings. The Bertz CT molecular complexity index is 972. The van der Waals surface area contributed by atoms with Gasteiger partial charge in [0.15, 0.2) is 0 Å². The van der Waals surface area contributed by atoms with Crippen molar-refractivity contribution in [2.24, 2.45) is 7.05 Å². The van der Waals surface area contributed by atoms with E-state index in [9.17, 15) is 13.2 Å². The quantitative estimate of drug-likeness (QED) is 0.693. The molecule has 0 radical (unpaired) electrons. The van der Waals surface area contributed by atoms with Crippen LogP contribution in [0.1, 0.15) is 50.0 Å². The SMILES string of the molecule is CCN(CC)S(=O)(=O)c1ccc2c(c1)cc(C(=O)NCCN1CCCCCC1)n2C. The lowest BCUT2D eigenvalue weighted by atomic mass is 10.2. The maximum absolute atomic E-state index is 12.8. The van der Waals surface area contributed by atoms with E-state index in [0.29, 0.717) is 25.3 Å². The minimum Gasteiger partial charge on any atom is -0.349 e. The van der Waals surface area contributed by atoms with Crippen molar-refractivity contribution in [3.05, 3.63) is 30.0 Å². The van der Waals surface area contributed by atoms with Gasteiger partial charge >= 0.3 is 0 Å². The van der Waals surface area contributed by atoms with Gasteiger partial charge in [-0.05, 0) is 50.2 Å². The van der Waals surface area contributed by atoms with Gasteiger partial charge in [0.2, 0.25) is 10.0 Å². The Morgan fingerprint density at radius 2 is 1.73 bits per heavy atom. The number of aromatic nitrogens is 1. The molecule has 1 aliphatic heterocycles. The molecule has 7 nitrogen and oxygen atoms in total. The van der Waals surface area contributed by atoms with E-state index in [1.54, 1.807) is 24.3 Å². The van der Waals surface area contributed by atoms with Crippen LogP contribution < -0.4 is 5.32 Å². The van der Waals surface area contributed by atoms with Crippen LogP contribution in [0.4, 0.5) is 0 Å². The average molecular weight is 435 g/mol. The number of carbonyl (C=O) groups is 1. The molecule has 0 unspecified atom stereocenters. The number of nitrogens with zero attached hydrogens (tertiary/aromatic N) is 3. The van der Waals surface area contributed by atoms with Crippen molar-refractivity contribution in [1.29, 1.82) is 0 Å². The number of benzene rings is 1. The molecule has 0 spiro atoms. The van der Waals surface area contributed by atoms with E-state index in [0.717, 1.165) is 30.5 Å². The summed E-state index contributed by atoms with van der Waals surface area (Å²) in [7, 11) is -1.69. The molecule has 30 heavy (non-hydrogen) atoms. The van der Waals surface area contributed by atoms with Crippen LogP contribution in [-0.4, -0.2) is 67.4 Å². The Morgan fingerprint density at radius 1 is 1.07 bits per heavy atom. The van der Waals surface area contributed by atoms with Crippen molar-refractivity contribution in [1.82, 2.24) is 19.1 Å². The molecule has 2 aromatic rings. The lowest BCUT2D eigenvalue weighted by Crippen LogP contribution is -2.36. The van der Waals surface area contributed by atoms with E-state index in [1.807, 2.05) is 25.5 Å². The summed E-state index contributed by atoms with van der Waals surface area (Å²) in [6, 6.07) is 6.84. The lowest BCUT2D eigenvalue weighted by Gasteiger charge is -2.19. The van der Waals surface area contributed by atoms with Gasteiger partial charge in [-0.3, -0.25) is 4.79 Å². The highest BCUT2D eigenvalue weighted by molar-refractivity contribution is 7.89. The van der Waals surface area contributed by atoms with Crippen LogP contribution in [0.3, 0.4) is 0 Å². The van der Waals surface area contributed by atoms with E-state index >= 15 is 0 Å². The molecule has 0 saturated carbocycles. The fraction of sp³-hybridized carbons (Fsp3) is 0.591. The number of sulfonamides is 1. The highest BCUT2D eigenvalue weighted by Crippen LogP contribution is 2.24. The lowest BCUT2D eigenvalue weighted by molar-refractivity contribution is 0.0941. The maximum Gasteiger partial charge on any atom is 0.267 e. The molecule has 0 aliphatic carbocycles. The summed E-state index contributed by atoms with van der Waals surface area (Å²) in [6.07, 6.45) is 5.06. The number of fused-ring (bicyclic) bond motifs is 1. The Morgan fingerprint density at radius 3 is 2.37 bits per heavy atom. The average Bonchev–Trinajstić information content (AvgIpc) is 2.89. The van der Waals surface area contributed by atoms with Crippen LogP contribution in [0.5, 0.6) is 0 Å². The summed E-state index contributed by atoms with van der Waals surface area (Å²) < 4.78 is 28.9. The van der Waals surface area contributed by atoms with Gasteiger partial charge in [-0.25, -0.2) is 8.42 Å². The second kappa shape index (κ2) is 9.94. The van der Waals surface area contributed by atoms with Crippen molar-refractivity contribution < 1.29 is 13.2 Å². The second-order valence-electron chi connectivity index (χ2n) is 7.91. The van der Waals surface area contributed by atoms with E-state index < -0.39 is 10.0 Å². The molecule has 0 atom stereocenters. The monoisotopic (exact) mass is 434 g/mol. The molecule has 166 valence electrons. The summed E-state index contributed by atoms with van der Waals surface area (Å²) >= 11 is 0. The molecule has 8 heteroatoms. The third-order valence-corrected chi connectivity index (χ3v) is 8.05. The number of aryl methyl sites for hydroxylation is 1. The van der Waals surface area contributed by atoms with Crippen molar-refractivity contribution in [2.75, 3.05) is 39.3 Å².